The Kier molecular flexibility index (Phi) is 3.83. The van der Waals surface area contributed by atoms with Crippen LogP contribution in [0.3, 0.4) is 0 Å². The van der Waals surface area contributed by atoms with Gasteiger partial charge in [0.05, 0.1) is 10.5 Å². The van der Waals surface area contributed by atoms with E-state index in [-0.39, 0.29) is 0 Å². The second kappa shape index (κ2) is 6.14. The van der Waals surface area contributed by atoms with Gasteiger partial charge in [-0.2, -0.15) is 0 Å². The van der Waals surface area contributed by atoms with Gasteiger partial charge in [0.2, 0.25) is 0 Å². The van der Waals surface area contributed by atoms with Crippen LogP contribution in [0.2, 0.25) is 5.02 Å². The third-order valence-electron chi connectivity index (χ3n) is 4.30. The lowest BCUT2D eigenvalue weighted by atomic mass is 10.1. The lowest BCUT2D eigenvalue weighted by Crippen LogP contribution is -1.94. The van der Waals surface area contributed by atoms with Gasteiger partial charge in [0.1, 0.15) is 5.65 Å². The summed E-state index contributed by atoms with van der Waals surface area (Å²) in [5, 5.41) is 2.94. The van der Waals surface area contributed by atoms with Crippen LogP contribution in [-0.4, -0.2) is 9.55 Å². The summed E-state index contributed by atoms with van der Waals surface area (Å²) in [4.78, 5) is 4.53. The highest BCUT2D eigenvalue weighted by atomic mass is 35.5. The second-order valence-corrected chi connectivity index (χ2v) is 6.16. The topological polar surface area (TPSA) is 17.8 Å². The first-order valence-electron chi connectivity index (χ1n) is 8.07. The third kappa shape index (κ3) is 2.49. The highest BCUT2D eigenvalue weighted by molar-refractivity contribution is 6.37. The average Bonchev–Trinajstić information content (AvgIpc) is 2.95. The second-order valence-electron chi connectivity index (χ2n) is 5.76. The zero-order valence-corrected chi connectivity index (χ0v) is 14.2. The van der Waals surface area contributed by atoms with Gasteiger partial charge in [-0.15, -0.1) is 0 Å². The van der Waals surface area contributed by atoms with Gasteiger partial charge in [0, 0.05) is 23.5 Å². The Morgan fingerprint density at radius 3 is 2.58 bits per heavy atom. The lowest BCUT2D eigenvalue weighted by Gasteiger charge is -2.02. The van der Waals surface area contributed by atoms with Crippen LogP contribution in [0.4, 0.5) is 0 Å². The van der Waals surface area contributed by atoms with Crippen molar-refractivity contribution in [2.75, 3.05) is 0 Å². The van der Waals surface area contributed by atoms with Crippen LogP contribution >= 0.6 is 11.6 Å². The SMILES string of the molecule is CCn1c2ccc(C=Cc3ccccc3)cc2c2c(Cl)ccnc21. The maximum Gasteiger partial charge on any atom is 0.142 e. The Hall–Kier alpha value is -2.58. The Bertz CT molecular complexity index is 1050. The van der Waals surface area contributed by atoms with Crippen molar-refractivity contribution in [2.24, 2.45) is 0 Å². The van der Waals surface area contributed by atoms with Crippen LogP contribution in [0.15, 0.2) is 60.8 Å². The molecule has 0 amide bonds. The summed E-state index contributed by atoms with van der Waals surface area (Å²) in [5.41, 5.74) is 4.46. The number of hydrogen-bond acceptors (Lipinski definition) is 1. The van der Waals surface area contributed by atoms with Gasteiger partial charge < -0.3 is 4.57 Å². The third-order valence-corrected chi connectivity index (χ3v) is 4.62. The van der Waals surface area contributed by atoms with E-state index in [0.717, 1.165) is 33.6 Å². The molecule has 2 aromatic carbocycles. The van der Waals surface area contributed by atoms with Crippen LogP contribution in [0.5, 0.6) is 0 Å². The molecule has 0 saturated carbocycles. The molecule has 2 heterocycles. The molecule has 0 aliphatic heterocycles. The Balaban J connectivity index is 1.89. The van der Waals surface area contributed by atoms with Gasteiger partial charge in [-0.05, 0) is 36.2 Å². The number of nitrogens with zero attached hydrogens (tertiary/aromatic N) is 2. The first-order chi connectivity index (χ1) is 11.8. The number of fused-ring (bicyclic) bond motifs is 3. The number of pyridine rings is 1. The van der Waals surface area contributed by atoms with Gasteiger partial charge in [0.25, 0.3) is 0 Å². The molecule has 0 unspecified atom stereocenters. The summed E-state index contributed by atoms with van der Waals surface area (Å²) in [6.45, 7) is 3.00. The fraction of sp³-hybridized carbons (Fsp3) is 0.0952. The van der Waals surface area contributed by atoms with E-state index >= 15 is 0 Å². The lowest BCUT2D eigenvalue weighted by molar-refractivity contribution is 0.816. The van der Waals surface area contributed by atoms with Crippen LogP contribution in [-0.2, 0) is 6.54 Å². The first kappa shape index (κ1) is 15.0. The fourth-order valence-corrected chi connectivity index (χ4v) is 3.41. The maximum atomic E-state index is 6.46. The van der Waals surface area contributed by atoms with Crippen LogP contribution < -0.4 is 0 Å². The minimum Gasteiger partial charge on any atom is -0.326 e. The highest BCUT2D eigenvalue weighted by Gasteiger charge is 2.13. The normalized spacial score (nSPS) is 11.8. The molecule has 0 aliphatic carbocycles. The molecule has 3 heteroatoms. The fourth-order valence-electron chi connectivity index (χ4n) is 3.17. The number of benzene rings is 2. The molecule has 4 rings (SSSR count). The molecule has 0 bridgehead atoms. The van der Waals surface area contributed by atoms with Crippen molar-refractivity contribution in [1.29, 1.82) is 0 Å². The summed E-state index contributed by atoms with van der Waals surface area (Å²) in [5.74, 6) is 0. The largest absolute Gasteiger partial charge is 0.326 e. The molecule has 0 radical (unpaired) electrons. The van der Waals surface area contributed by atoms with Crippen molar-refractivity contribution in [3.8, 4) is 0 Å². The van der Waals surface area contributed by atoms with Crippen LogP contribution in [0, 0.1) is 0 Å². The Morgan fingerprint density at radius 2 is 1.79 bits per heavy atom. The van der Waals surface area contributed by atoms with E-state index in [0.29, 0.717) is 0 Å². The molecule has 0 atom stereocenters. The summed E-state index contributed by atoms with van der Waals surface area (Å²) in [7, 11) is 0. The van der Waals surface area contributed by atoms with Gasteiger partial charge in [0.15, 0.2) is 0 Å². The molecule has 0 aliphatic rings. The average molecular weight is 333 g/mol. The van der Waals surface area contributed by atoms with Crippen LogP contribution in [0.1, 0.15) is 18.1 Å². The molecule has 0 saturated heterocycles. The van der Waals surface area contributed by atoms with Crippen LogP contribution in [0.25, 0.3) is 34.1 Å². The zero-order valence-electron chi connectivity index (χ0n) is 13.4. The Morgan fingerprint density at radius 1 is 1.00 bits per heavy atom. The van der Waals surface area contributed by atoms with Crippen molar-refractivity contribution in [3.05, 3.63) is 76.9 Å². The van der Waals surface area contributed by atoms with E-state index in [1.54, 1.807) is 6.20 Å². The van der Waals surface area contributed by atoms with Gasteiger partial charge >= 0.3 is 0 Å². The molecule has 24 heavy (non-hydrogen) atoms. The molecule has 2 nitrogen and oxygen atoms in total. The number of aromatic nitrogens is 2. The number of halogens is 1. The molecular weight excluding hydrogens is 316 g/mol. The van der Waals surface area contributed by atoms with Gasteiger partial charge in [-0.1, -0.05) is 60.2 Å². The quantitative estimate of drug-likeness (QED) is 0.418. The van der Waals surface area contributed by atoms with Crippen molar-refractivity contribution in [1.82, 2.24) is 9.55 Å². The standard InChI is InChI=1S/C21H17ClN2/c1-2-24-19-11-10-16(9-8-15-6-4-3-5-7-15)14-17(19)20-18(22)12-13-23-21(20)24/h3-14H,2H2,1H3. The predicted octanol–water partition coefficient (Wildman–Crippen LogP) is 6.03. The molecule has 0 N–H and O–H groups in total. The van der Waals surface area contributed by atoms with E-state index < -0.39 is 0 Å². The maximum absolute atomic E-state index is 6.46. The molecule has 2 aromatic heterocycles. The smallest absolute Gasteiger partial charge is 0.142 e. The van der Waals surface area contributed by atoms with Crippen molar-refractivity contribution in [2.45, 2.75) is 13.5 Å². The molecule has 0 spiro atoms. The monoisotopic (exact) mass is 332 g/mol. The number of aryl methyl sites for hydroxylation is 1. The molecule has 0 fully saturated rings. The minimum absolute atomic E-state index is 0.751. The van der Waals surface area contributed by atoms with Crippen molar-refractivity contribution < 1.29 is 0 Å². The van der Waals surface area contributed by atoms with Gasteiger partial charge in [-0.25, -0.2) is 4.98 Å². The van der Waals surface area contributed by atoms with E-state index in [9.17, 15) is 0 Å². The minimum atomic E-state index is 0.751. The number of rotatable bonds is 3. The molecule has 118 valence electrons. The van der Waals surface area contributed by atoms with E-state index in [2.05, 4.69) is 59.0 Å². The predicted molar refractivity (Wildman–Crippen MR) is 103 cm³/mol. The first-order valence-corrected chi connectivity index (χ1v) is 8.45. The van der Waals surface area contributed by atoms with E-state index in [1.165, 1.54) is 11.1 Å². The summed E-state index contributed by atoms with van der Waals surface area (Å²) in [6.07, 6.45) is 6.03. The summed E-state index contributed by atoms with van der Waals surface area (Å²) >= 11 is 6.46. The summed E-state index contributed by atoms with van der Waals surface area (Å²) < 4.78 is 2.21. The Labute approximate surface area is 146 Å². The highest BCUT2D eigenvalue weighted by Crippen LogP contribution is 2.33. The summed E-state index contributed by atoms with van der Waals surface area (Å²) in [6, 6.07) is 18.6. The molecular formula is C21H17ClN2. The molecule has 4 aromatic rings. The van der Waals surface area contributed by atoms with Crippen molar-refractivity contribution >= 4 is 45.7 Å². The van der Waals surface area contributed by atoms with Crippen molar-refractivity contribution in [3.63, 3.8) is 0 Å². The van der Waals surface area contributed by atoms with E-state index in [1.807, 2.05) is 24.3 Å². The van der Waals surface area contributed by atoms with E-state index in [4.69, 9.17) is 11.6 Å². The zero-order chi connectivity index (χ0) is 16.5. The number of hydrogen-bond donors (Lipinski definition) is 0. The van der Waals surface area contributed by atoms with Gasteiger partial charge in [-0.3, -0.25) is 0 Å².